The monoisotopic (exact) mass is 481 g/mol. The number of nitrogens with one attached hydrogen (secondary N) is 2. The van der Waals surface area contributed by atoms with E-state index in [-0.39, 0.29) is 28.7 Å². The Bertz CT molecular complexity index is 1340. The first-order valence-corrected chi connectivity index (χ1v) is 12.3. The molecule has 8 nitrogen and oxygen atoms in total. The maximum Gasteiger partial charge on any atom is 0.252 e. The van der Waals surface area contributed by atoms with Crippen molar-refractivity contribution in [2.24, 2.45) is 0 Å². The summed E-state index contributed by atoms with van der Waals surface area (Å²) in [7, 11) is 1.48. The number of hydrogen-bond acceptors (Lipinski definition) is 6. The first kappa shape index (κ1) is 23.6. The molecule has 186 valence electrons. The second kappa shape index (κ2) is 9.83. The molecule has 3 aromatic rings. The van der Waals surface area contributed by atoms with Crippen LogP contribution in [0.3, 0.4) is 0 Å². The van der Waals surface area contributed by atoms with E-state index in [4.69, 9.17) is 4.74 Å². The standard InChI is InChI=1S/C26H32FN5O3/c1-3-28-22-13-17(12-21(27)25(22)35-2)14-29-19-8-10-30(11-9-19)15-20-16-31-23(33)6-4-18-5-7-24(34)32(20)26(18)31/h4-7,12-13,19-20,28-29H,3,8-11,14-16H2,1-2H3. The lowest BCUT2D eigenvalue weighted by atomic mass is 10.0. The minimum absolute atomic E-state index is 0.0439. The predicted octanol–water partition coefficient (Wildman–Crippen LogP) is 2.55. The number of nitrogens with zero attached hydrogens (tertiary/aromatic N) is 3. The largest absolute Gasteiger partial charge is 0.492 e. The number of pyridine rings is 2. The normalized spacial score (nSPS) is 18.3. The number of ether oxygens (including phenoxy) is 1. The van der Waals surface area contributed by atoms with Gasteiger partial charge in [0.25, 0.3) is 11.1 Å². The molecule has 2 N–H and O–H groups in total. The van der Waals surface area contributed by atoms with Crippen LogP contribution in [-0.4, -0.2) is 53.4 Å². The van der Waals surface area contributed by atoms with Gasteiger partial charge in [0, 0.05) is 49.7 Å². The summed E-state index contributed by atoms with van der Waals surface area (Å²) in [6.45, 7) is 6.32. The van der Waals surface area contributed by atoms with Gasteiger partial charge >= 0.3 is 0 Å². The van der Waals surface area contributed by atoms with Crippen molar-refractivity contribution in [2.75, 3.05) is 38.6 Å². The number of benzene rings is 1. The number of piperidine rings is 1. The summed E-state index contributed by atoms with van der Waals surface area (Å²) in [4.78, 5) is 27.4. The predicted molar refractivity (Wildman–Crippen MR) is 135 cm³/mol. The second-order valence-corrected chi connectivity index (χ2v) is 9.40. The van der Waals surface area contributed by atoms with Crippen LogP contribution in [0.2, 0.25) is 0 Å². The summed E-state index contributed by atoms with van der Waals surface area (Å²) in [6, 6.07) is 10.5. The van der Waals surface area contributed by atoms with E-state index < -0.39 is 0 Å². The molecule has 2 aromatic heterocycles. The molecule has 2 aliphatic heterocycles. The Balaban J connectivity index is 1.19. The SMILES string of the molecule is CCNc1cc(CNC2CCN(CC3Cn4c(=O)ccc5ccc(=O)n3c54)CC2)cc(F)c1OC. The van der Waals surface area contributed by atoms with Crippen LogP contribution in [0.4, 0.5) is 10.1 Å². The van der Waals surface area contributed by atoms with Gasteiger partial charge in [-0.05, 0) is 62.7 Å². The average molecular weight is 482 g/mol. The number of anilines is 1. The zero-order valence-corrected chi connectivity index (χ0v) is 20.2. The van der Waals surface area contributed by atoms with E-state index >= 15 is 0 Å². The summed E-state index contributed by atoms with van der Waals surface area (Å²) in [6.07, 6.45) is 1.94. The van der Waals surface area contributed by atoms with Crippen molar-refractivity contribution < 1.29 is 9.13 Å². The number of methoxy groups -OCH3 is 1. The summed E-state index contributed by atoms with van der Waals surface area (Å²) in [5, 5.41) is 7.65. The molecular weight excluding hydrogens is 449 g/mol. The van der Waals surface area contributed by atoms with Crippen LogP contribution < -0.4 is 26.5 Å². The van der Waals surface area contributed by atoms with Crippen molar-refractivity contribution >= 4 is 16.7 Å². The molecular formula is C26H32FN5O3. The molecule has 1 fully saturated rings. The maximum absolute atomic E-state index is 14.4. The lowest BCUT2D eigenvalue weighted by Crippen LogP contribution is -2.44. The highest BCUT2D eigenvalue weighted by atomic mass is 19.1. The highest BCUT2D eigenvalue weighted by Crippen LogP contribution is 2.30. The van der Waals surface area contributed by atoms with Crippen LogP contribution >= 0.6 is 0 Å². The number of likely N-dealkylation sites (tertiary alicyclic amines) is 1. The summed E-state index contributed by atoms with van der Waals surface area (Å²) >= 11 is 0. The van der Waals surface area contributed by atoms with Crippen LogP contribution in [0.1, 0.15) is 31.4 Å². The van der Waals surface area contributed by atoms with Crippen LogP contribution in [0.15, 0.2) is 46.0 Å². The van der Waals surface area contributed by atoms with Crippen molar-refractivity contribution in [1.29, 1.82) is 0 Å². The lowest BCUT2D eigenvalue weighted by Gasteiger charge is -2.34. The highest BCUT2D eigenvalue weighted by molar-refractivity contribution is 5.76. The van der Waals surface area contributed by atoms with Crippen LogP contribution in [0, 0.1) is 5.82 Å². The van der Waals surface area contributed by atoms with Crippen LogP contribution in [0.5, 0.6) is 5.75 Å². The number of rotatable bonds is 8. The third kappa shape index (κ3) is 4.58. The topological polar surface area (TPSA) is 80.5 Å². The molecule has 5 rings (SSSR count). The van der Waals surface area contributed by atoms with E-state index in [0.717, 1.165) is 49.1 Å². The molecule has 0 saturated carbocycles. The van der Waals surface area contributed by atoms with Gasteiger partial charge in [0.1, 0.15) is 5.65 Å². The Morgan fingerprint density at radius 1 is 1.09 bits per heavy atom. The number of halogens is 1. The summed E-state index contributed by atoms with van der Waals surface area (Å²) in [5.41, 5.74) is 2.16. The third-order valence-electron chi connectivity index (χ3n) is 7.14. The van der Waals surface area contributed by atoms with Crippen molar-refractivity contribution in [2.45, 2.75) is 44.9 Å². The molecule has 0 spiro atoms. The fourth-order valence-electron chi connectivity index (χ4n) is 5.45. The van der Waals surface area contributed by atoms with Crippen LogP contribution in [-0.2, 0) is 13.1 Å². The Morgan fingerprint density at radius 2 is 1.83 bits per heavy atom. The third-order valence-corrected chi connectivity index (χ3v) is 7.14. The van der Waals surface area contributed by atoms with Crippen molar-refractivity contribution in [3.63, 3.8) is 0 Å². The molecule has 1 unspecified atom stereocenters. The van der Waals surface area contributed by atoms with Crippen molar-refractivity contribution in [3.8, 4) is 5.75 Å². The first-order chi connectivity index (χ1) is 17.0. The minimum Gasteiger partial charge on any atom is -0.492 e. The number of hydrogen-bond donors (Lipinski definition) is 2. The molecule has 1 atom stereocenters. The number of aromatic nitrogens is 2. The Labute approximate surface area is 203 Å². The molecule has 0 bridgehead atoms. The van der Waals surface area contributed by atoms with Gasteiger partial charge in [0.2, 0.25) is 0 Å². The molecule has 0 radical (unpaired) electrons. The van der Waals surface area contributed by atoms with E-state index in [2.05, 4.69) is 15.5 Å². The summed E-state index contributed by atoms with van der Waals surface area (Å²) in [5.74, 6) is -0.116. The highest BCUT2D eigenvalue weighted by Gasteiger charge is 2.29. The minimum atomic E-state index is -0.362. The van der Waals surface area contributed by atoms with Gasteiger partial charge in [-0.25, -0.2) is 4.39 Å². The van der Waals surface area contributed by atoms with E-state index in [1.54, 1.807) is 33.4 Å². The quantitative estimate of drug-likeness (QED) is 0.515. The van der Waals surface area contributed by atoms with Crippen molar-refractivity contribution in [3.05, 3.63) is 68.5 Å². The van der Waals surface area contributed by atoms with Crippen molar-refractivity contribution in [1.82, 2.24) is 19.4 Å². The smallest absolute Gasteiger partial charge is 0.252 e. The van der Waals surface area contributed by atoms with E-state index in [1.165, 1.54) is 13.2 Å². The second-order valence-electron chi connectivity index (χ2n) is 9.40. The summed E-state index contributed by atoms with van der Waals surface area (Å²) < 4.78 is 23.1. The molecule has 1 saturated heterocycles. The fourth-order valence-corrected chi connectivity index (χ4v) is 5.45. The average Bonchev–Trinajstić information content (AvgIpc) is 3.24. The molecule has 1 aromatic carbocycles. The zero-order valence-electron chi connectivity index (χ0n) is 20.2. The van der Waals surface area contributed by atoms with Crippen LogP contribution in [0.25, 0.3) is 11.0 Å². The first-order valence-electron chi connectivity index (χ1n) is 12.3. The van der Waals surface area contributed by atoms with Gasteiger partial charge in [0.15, 0.2) is 11.6 Å². The van der Waals surface area contributed by atoms with Gasteiger partial charge < -0.3 is 20.3 Å². The zero-order chi connectivity index (χ0) is 24.5. The Hall–Kier alpha value is -3.17. The molecule has 0 amide bonds. The van der Waals surface area contributed by atoms with Gasteiger partial charge in [-0.1, -0.05) is 0 Å². The molecule has 35 heavy (non-hydrogen) atoms. The lowest BCUT2D eigenvalue weighted by molar-refractivity contribution is 0.171. The molecule has 0 aliphatic carbocycles. The molecule has 9 heteroatoms. The van der Waals surface area contributed by atoms with E-state index in [9.17, 15) is 14.0 Å². The van der Waals surface area contributed by atoms with Gasteiger partial charge in [0.05, 0.1) is 18.8 Å². The van der Waals surface area contributed by atoms with E-state index in [0.29, 0.717) is 31.4 Å². The Kier molecular flexibility index (Phi) is 6.62. The molecule has 4 heterocycles. The van der Waals surface area contributed by atoms with E-state index in [1.807, 2.05) is 13.0 Å². The van der Waals surface area contributed by atoms with Gasteiger partial charge in [-0.3, -0.25) is 18.7 Å². The molecule has 2 aliphatic rings. The maximum atomic E-state index is 14.4. The Morgan fingerprint density at radius 3 is 2.54 bits per heavy atom. The van der Waals surface area contributed by atoms with Gasteiger partial charge in [-0.15, -0.1) is 0 Å². The fraction of sp³-hybridized carbons (Fsp3) is 0.462. The van der Waals surface area contributed by atoms with Gasteiger partial charge in [-0.2, -0.15) is 0 Å².